The summed E-state index contributed by atoms with van der Waals surface area (Å²) in [7, 11) is 1.87. The van der Waals surface area contributed by atoms with Crippen LogP contribution in [0.1, 0.15) is 28.8 Å². The maximum absolute atomic E-state index is 12.9. The lowest BCUT2D eigenvalue weighted by Crippen LogP contribution is -2.52. The topological polar surface area (TPSA) is 115 Å². The number of hydrogen-bond acceptors (Lipinski definition) is 6. The van der Waals surface area contributed by atoms with E-state index in [-0.39, 0.29) is 24.8 Å². The third kappa shape index (κ3) is 2.72. The number of benzene rings is 1. The lowest BCUT2D eigenvalue weighted by Gasteiger charge is -2.29. The number of hydrogen-bond donors (Lipinski definition) is 1. The molecule has 1 atom stereocenters. The van der Waals surface area contributed by atoms with E-state index in [0.717, 1.165) is 11.3 Å². The van der Waals surface area contributed by atoms with Crippen LogP contribution in [-0.2, 0) is 23.2 Å². The third-order valence-corrected chi connectivity index (χ3v) is 5.35. The Morgan fingerprint density at radius 2 is 2.07 bits per heavy atom. The van der Waals surface area contributed by atoms with Gasteiger partial charge in [-0.2, -0.15) is 0 Å². The van der Waals surface area contributed by atoms with Gasteiger partial charge in [-0.25, -0.2) is 9.67 Å². The van der Waals surface area contributed by atoms with Gasteiger partial charge in [-0.15, -0.1) is 5.10 Å². The molecule has 10 heteroatoms. The van der Waals surface area contributed by atoms with Crippen LogP contribution in [-0.4, -0.2) is 53.2 Å². The van der Waals surface area contributed by atoms with E-state index >= 15 is 0 Å². The number of carbonyl (C=O) groups is 3. The second-order valence-corrected chi connectivity index (χ2v) is 7.11. The summed E-state index contributed by atoms with van der Waals surface area (Å²) in [6.07, 6.45) is 5.82. The van der Waals surface area contributed by atoms with Gasteiger partial charge < -0.3 is 9.47 Å². The summed E-state index contributed by atoms with van der Waals surface area (Å²) in [5.41, 5.74) is 2.64. The number of imidazole rings is 1. The number of aromatic nitrogens is 5. The second kappa shape index (κ2) is 6.36. The van der Waals surface area contributed by atoms with Crippen LogP contribution in [0, 0.1) is 0 Å². The van der Waals surface area contributed by atoms with Crippen molar-refractivity contribution in [3.05, 3.63) is 47.9 Å². The van der Waals surface area contributed by atoms with Gasteiger partial charge in [-0.05, 0) is 18.6 Å². The summed E-state index contributed by atoms with van der Waals surface area (Å²) in [5.74, 6) is -0.270. The SMILES string of the molecule is Cn1ccnc1-c1cn(-c2cccc3c2CN(C2CCC(=O)NC2=O)C3=O)nn1. The van der Waals surface area contributed by atoms with Gasteiger partial charge in [0.1, 0.15) is 11.7 Å². The van der Waals surface area contributed by atoms with Gasteiger partial charge in [0.05, 0.1) is 11.9 Å². The average Bonchev–Trinajstić information content (AvgIpc) is 3.41. The van der Waals surface area contributed by atoms with Crippen molar-refractivity contribution in [2.24, 2.45) is 7.05 Å². The van der Waals surface area contributed by atoms with Crippen LogP contribution in [0.5, 0.6) is 0 Å². The minimum absolute atomic E-state index is 0.221. The van der Waals surface area contributed by atoms with Crippen molar-refractivity contribution in [2.75, 3.05) is 0 Å². The fourth-order valence-electron chi connectivity index (χ4n) is 3.88. The zero-order valence-electron chi connectivity index (χ0n) is 15.6. The molecule has 3 amide bonds. The molecule has 2 aromatic heterocycles. The van der Waals surface area contributed by atoms with Gasteiger partial charge in [-0.1, -0.05) is 11.3 Å². The van der Waals surface area contributed by atoms with Crippen LogP contribution in [0.4, 0.5) is 0 Å². The lowest BCUT2D eigenvalue weighted by atomic mass is 10.0. The van der Waals surface area contributed by atoms with E-state index in [1.165, 1.54) is 4.90 Å². The highest BCUT2D eigenvalue weighted by Gasteiger charge is 2.40. The molecule has 1 N–H and O–H groups in total. The maximum Gasteiger partial charge on any atom is 0.255 e. The first-order valence-electron chi connectivity index (χ1n) is 9.20. The number of nitrogens with zero attached hydrogens (tertiary/aromatic N) is 6. The van der Waals surface area contributed by atoms with E-state index < -0.39 is 11.9 Å². The summed E-state index contributed by atoms with van der Waals surface area (Å²) in [6.45, 7) is 0.272. The van der Waals surface area contributed by atoms with Crippen molar-refractivity contribution >= 4 is 17.7 Å². The molecule has 2 aliphatic rings. The molecule has 146 valence electrons. The molecule has 10 nitrogen and oxygen atoms in total. The molecule has 0 bridgehead atoms. The summed E-state index contributed by atoms with van der Waals surface area (Å²) >= 11 is 0. The summed E-state index contributed by atoms with van der Waals surface area (Å²) < 4.78 is 3.46. The highest BCUT2D eigenvalue weighted by molar-refractivity contribution is 6.05. The van der Waals surface area contributed by atoms with E-state index in [0.29, 0.717) is 23.5 Å². The number of rotatable bonds is 3. The zero-order valence-corrected chi connectivity index (χ0v) is 15.6. The largest absolute Gasteiger partial charge is 0.333 e. The summed E-state index contributed by atoms with van der Waals surface area (Å²) in [6, 6.07) is 4.72. The molecule has 1 unspecified atom stereocenters. The van der Waals surface area contributed by atoms with Crippen molar-refractivity contribution in [3.63, 3.8) is 0 Å². The summed E-state index contributed by atoms with van der Waals surface area (Å²) in [4.78, 5) is 42.4. The monoisotopic (exact) mass is 391 g/mol. The fraction of sp³-hybridized carbons (Fsp3) is 0.263. The maximum atomic E-state index is 12.9. The number of imide groups is 1. The van der Waals surface area contributed by atoms with E-state index in [9.17, 15) is 14.4 Å². The molecule has 0 saturated carbocycles. The van der Waals surface area contributed by atoms with Crippen molar-refractivity contribution in [3.8, 4) is 17.2 Å². The Labute approximate surface area is 165 Å². The Hall–Kier alpha value is -3.82. The van der Waals surface area contributed by atoms with Crippen LogP contribution in [0.15, 0.2) is 36.8 Å². The molecule has 29 heavy (non-hydrogen) atoms. The van der Waals surface area contributed by atoms with Crippen molar-refractivity contribution in [1.82, 2.24) is 34.8 Å². The Morgan fingerprint density at radius 1 is 1.21 bits per heavy atom. The van der Waals surface area contributed by atoms with Gasteiger partial charge in [0, 0.05) is 43.5 Å². The Kier molecular flexibility index (Phi) is 3.79. The molecule has 2 aliphatic heterocycles. The minimum Gasteiger partial charge on any atom is -0.333 e. The molecule has 0 spiro atoms. The molecule has 3 aromatic rings. The quantitative estimate of drug-likeness (QED) is 0.648. The highest BCUT2D eigenvalue weighted by Crippen LogP contribution is 2.31. The first kappa shape index (κ1) is 17.3. The minimum atomic E-state index is -0.653. The number of amides is 3. The van der Waals surface area contributed by atoms with E-state index in [4.69, 9.17) is 0 Å². The van der Waals surface area contributed by atoms with Gasteiger partial charge in [0.2, 0.25) is 11.8 Å². The number of carbonyl (C=O) groups excluding carboxylic acids is 3. The standard InChI is InChI=1S/C19H17N7O3/c1-24-8-7-20-17(24)13-10-26(23-22-13)14-4-2-3-11-12(14)9-25(19(11)29)15-5-6-16(27)21-18(15)28/h2-4,7-8,10,15H,5-6,9H2,1H3,(H,21,27,28). The van der Waals surface area contributed by atoms with Gasteiger partial charge in [-0.3, -0.25) is 19.7 Å². The van der Waals surface area contributed by atoms with Crippen molar-refractivity contribution in [1.29, 1.82) is 0 Å². The van der Waals surface area contributed by atoms with Crippen LogP contribution < -0.4 is 5.32 Å². The number of nitrogens with one attached hydrogen (secondary N) is 1. The van der Waals surface area contributed by atoms with Gasteiger partial charge >= 0.3 is 0 Å². The Balaban J connectivity index is 1.49. The van der Waals surface area contributed by atoms with Gasteiger partial charge in [0.15, 0.2) is 5.82 Å². The van der Waals surface area contributed by atoms with Crippen molar-refractivity contribution < 1.29 is 14.4 Å². The van der Waals surface area contributed by atoms with Gasteiger partial charge in [0.25, 0.3) is 5.91 Å². The number of fused-ring (bicyclic) bond motifs is 1. The predicted molar refractivity (Wildman–Crippen MR) is 99.6 cm³/mol. The molecular formula is C19H17N7O3. The fourth-order valence-corrected chi connectivity index (χ4v) is 3.88. The van der Waals surface area contributed by atoms with E-state index in [1.807, 2.05) is 23.9 Å². The molecule has 1 saturated heterocycles. The lowest BCUT2D eigenvalue weighted by molar-refractivity contribution is -0.136. The second-order valence-electron chi connectivity index (χ2n) is 7.11. The Bertz CT molecular complexity index is 1160. The number of aryl methyl sites for hydroxylation is 1. The van der Waals surface area contributed by atoms with Crippen molar-refractivity contribution in [2.45, 2.75) is 25.4 Å². The molecule has 0 radical (unpaired) electrons. The first-order chi connectivity index (χ1) is 14.0. The third-order valence-electron chi connectivity index (χ3n) is 5.35. The van der Waals surface area contributed by atoms with E-state index in [2.05, 4.69) is 20.6 Å². The molecular weight excluding hydrogens is 374 g/mol. The normalized spacial score (nSPS) is 18.9. The van der Waals surface area contributed by atoms with Crippen LogP contribution in [0.2, 0.25) is 0 Å². The molecule has 1 aromatic carbocycles. The predicted octanol–water partition coefficient (Wildman–Crippen LogP) is 0.429. The molecule has 5 rings (SSSR count). The average molecular weight is 391 g/mol. The van der Waals surface area contributed by atoms with Crippen LogP contribution >= 0.6 is 0 Å². The zero-order chi connectivity index (χ0) is 20.1. The van der Waals surface area contributed by atoms with Crippen LogP contribution in [0.25, 0.3) is 17.2 Å². The first-order valence-corrected chi connectivity index (χ1v) is 9.20. The molecule has 0 aliphatic carbocycles. The smallest absolute Gasteiger partial charge is 0.255 e. The molecule has 4 heterocycles. The molecule has 1 fully saturated rings. The van der Waals surface area contributed by atoms with E-state index in [1.54, 1.807) is 29.2 Å². The summed E-state index contributed by atoms with van der Waals surface area (Å²) in [5, 5.41) is 10.7. The number of piperidine rings is 1. The van der Waals surface area contributed by atoms with Crippen LogP contribution in [0.3, 0.4) is 0 Å². The Morgan fingerprint density at radius 3 is 2.83 bits per heavy atom. The highest BCUT2D eigenvalue weighted by atomic mass is 16.2.